The zero-order valence-corrected chi connectivity index (χ0v) is 20.4. The van der Waals surface area contributed by atoms with Gasteiger partial charge in [-0.3, -0.25) is 4.90 Å². The first-order valence-corrected chi connectivity index (χ1v) is 11.9. The predicted octanol–water partition coefficient (Wildman–Crippen LogP) is 5.58. The number of nitrogens with zero attached hydrogens (tertiary/aromatic N) is 2. The van der Waals surface area contributed by atoms with E-state index in [-0.39, 0.29) is 6.09 Å². The number of ether oxygens (including phenoxy) is 3. The molecule has 0 atom stereocenters. The maximum absolute atomic E-state index is 12.7. The van der Waals surface area contributed by atoms with Gasteiger partial charge in [0.05, 0.1) is 14.2 Å². The van der Waals surface area contributed by atoms with E-state index in [1.165, 1.54) is 5.56 Å². The average molecular weight is 473 g/mol. The van der Waals surface area contributed by atoms with E-state index in [9.17, 15) is 4.79 Å². The summed E-state index contributed by atoms with van der Waals surface area (Å²) in [5.41, 5.74) is 3.26. The SMILES string of the molecule is COc1cc(/C=C/c2ccc(OC(=O)N3CCCN(Cc4ccccc4)CC3)cc2)cc(OC)c1. The van der Waals surface area contributed by atoms with Crippen LogP contribution in [0.3, 0.4) is 0 Å². The van der Waals surface area contributed by atoms with Gasteiger partial charge in [-0.25, -0.2) is 4.79 Å². The molecule has 3 aromatic rings. The van der Waals surface area contributed by atoms with Crippen molar-refractivity contribution in [1.82, 2.24) is 9.80 Å². The second kappa shape index (κ2) is 12.1. The molecule has 1 saturated heterocycles. The van der Waals surface area contributed by atoms with Crippen LogP contribution in [0.15, 0.2) is 72.8 Å². The molecule has 6 heteroatoms. The maximum atomic E-state index is 12.7. The van der Waals surface area contributed by atoms with Gasteiger partial charge in [-0.15, -0.1) is 0 Å². The minimum absolute atomic E-state index is 0.293. The third-order valence-electron chi connectivity index (χ3n) is 6.02. The molecule has 0 N–H and O–H groups in total. The molecular formula is C29H32N2O4. The molecule has 6 nitrogen and oxygen atoms in total. The van der Waals surface area contributed by atoms with Crippen LogP contribution < -0.4 is 14.2 Å². The van der Waals surface area contributed by atoms with Crippen molar-refractivity contribution >= 4 is 18.2 Å². The van der Waals surface area contributed by atoms with Crippen molar-refractivity contribution in [2.75, 3.05) is 40.4 Å². The van der Waals surface area contributed by atoms with E-state index >= 15 is 0 Å². The minimum Gasteiger partial charge on any atom is -0.497 e. The molecule has 0 spiro atoms. The summed E-state index contributed by atoms with van der Waals surface area (Å²) in [6.45, 7) is 4.08. The molecule has 0 unspecified atom stereocenters. The van der Waals surface area contributed by atoms with Crippen LogP contribution in [-0.2, 0) is 6.54 Å². The van der Waals surface area contributed by atoms with Crippen molar-refractivity contribution in [3.63, 3.8) is 0 Å². The Morgan fingerprint density at radius 1 is 0.771 bits per heavy atom. The second-order valence-electron chi connectivity index (χ2n) is 8.52. The lowest BCUT2D eigenvalue weighted by Crippen LogP contribution is -2.36. The minimum atomic E-state index is -0.293. The van der Waals surface area contributed by atoms with Crippen molar-refractivity contribution in [2.24, 2.45) is 0 Å². The summed E-state index contributed by atoms with van der Waals surface area (Å²) in [5, 5.41) is 0. The van der Waals surface area contributed by atoms with Gasteiger partial charge in [-0.05, 0) is 47.4 Å². The second-order valence-corrected chi connectivity index (χ2v) is 8.52. The van der Waals surface area contributed by atoms with Gasteiger partial charge < -0.3 is 19.1 Å². The summed E-state index contributed by atoms with van der Waals surface area (Å²) in [7, 11) is 3.27. The number of carbonyl (C=O) groups excluding carboxylic acids is 1. The van der Waals surface area contributed by atoms with E-state index in [1.807, 2.05) is 60.7 Å². The van der Waals surface area contributed by atoms with Gasteiger partial charge >= 0.3 is 6.09 Å². The Labute approximate surface area is 207 Å². The largest absolute Gasteiger partial charge is 0.497 e. The molecule has 1 amide bonds. The maximum Gasteiger partial charge on any atom is 0.415 e. The standard InChI is InChI=1S/C29H32N2O4/c1-33-27-19-25(20-28(21-27)34-2)10-9-23-11-13-26(14-12-23)35-29(32)31-16-6-15-30(17-18-31)22-24-7-4-3-5-8-24/h3-5,7-14,19-21H,6,15-18,22H2,1-2H3/b10-9+. The lowest BCUT2D eigenvalue weighted by Gasteiger charge is -2.21. The predicted molar refractivity (Wildman–Crippen MR) is 139 cm³/mol. The molecular weight excluding hydrogens is 440 g/mol. The molecule has 0 aliphatic carbocycles. The van der Waals surface area contributed by atoms with Gasteiger partial charge in [0, 0.05) is 38.8 Å². The van der Waals surface area contributed by atoms with Crippen molar-refractivity contribution in [1.29, 1.82) is 0 Å². The van der Waals surface area contributed by atoms with Crippen molar-refractivity contribution < 1.29 is 19.0 Å². The van der Waals surface area contributed by atoms with Gasteiger partial charge in [0.25, 0.3) is 0 Å². The third kappa shape index (κ3) is 7.11. The zero-order valence-electron chi connectivity index (χ0n) is 20.4. The monoisotopic (exact) mass is 472 g/mol. The summed E-state index contributed by atoms with van der Waals surface area (Å²) < 4.78 is 16.3. The van der Waals surface area contributed by atoms with Gasteiger partial charge in [-0.2, -0.15) is 0 Å². The van der Waals surface area contributed by atoms with E-state index in [1.54, 1.807) is 19.1 Å². The normalized spacial score (nSPS) is 14.5. The molecule has 1 heterocycles. The van der Waals surface area contributed by atoms with Crippen LogP contribution in [0.2, 0.25) is 0 Å². The molecule has 0 aromatic heterocycles. The molecule has 0 saturated carbocycles. The smallest absolute Gasteiger partial charge is 0.415 e. The summed E-state index contributed by atoms with van der Waals surface area (Å²) in [6, 6.07) is 23.7. The van der Waals surface area contributed by atoms with Gasteiger partial charge in [0.2, 0.25) is 0 Å². The van der Waals surface area contributed by atoms with E-state index < -0.39 is 0 Å². The van der Waals surface area contributed by atoms with Gasteiger partial charge in [-0.1, -0.05) is 54.6 Å². The van der Waals surface area contributed by atoms with Crippen molar-refractivity contribution in [2.45, 2.75) is 13.0 Å². The number of methoxy groups -OCH3 is 2. The van der Waals surface area contributed by atoms with E-state index in [2.05, 4.69) is 29.2 Å². The summed E-state index contributed by atoms with van der Waals surface area (Å²) in [4.78, 5) is 16.9. The molecule has 1 aliphatic heterocycles. The van der Waals surface area contributed by atoms with Crippen LogP contribution >= 0.6 is 0 Å². The van der Waals surface area contributed by atoms with E-state index in [4.69, 9.17) is 14.2 Å². The number of hydrogen-bond acceptors (Lipinski definition) is 5. The first-order valence-electron chi connectivity index (χ1n) is 11.9. The van der Waals surface area contributed by atoms with E-state index in [0.29, 0.717) is 18.8 Å². The van der Waals surface area contributed by atoms with Crippen LogP contribution in [-0.4, -0.2) is 56.3 Å². The highest BCUT2D eigenvalue weighted by molar-refractivity contribution is 5.73. The number of benzene rings is 3. The third-order valence-corrected chi connectivity index (χ3v) is 6.02. The zero-order chi connectivity index (χ0) is 24.5. The molecule has 3 aromatic carbocycles. The fraction of sp³-hybridized carbons (Fsp3) is 0.276. The molecule has 1 fully saturated rings. The number of carbonyl (C=O) groups is 1. The highest BCUT2D eigenvalue weighted by atomic mass is 16.6. The van der Waals surface area contributed by atoms with Gasteiger partial charge in [0.15, 0.2) is 0 Å². The highest BCUT2D eigenvalue weighted by Crippen LogP contribution is 2.24. The molecule has 35 heavy (non-hydrogen) atoms. The fourth-order valence-electron chi connectivity index (χ4n) is 4.08. The van der Waals surface area contributed by atoms with Crippen LogP contribution in [0, 0.1) is 0 Å². The van der Waals surface area contributed by atoms with Crippen LogP contribution in [0.5, 0.6) is 17.2 Å². The Kier molecular flexibility index (Phi) is 8.41. The average Bonchev–Trinajstić information content (AvgIpc) is 3.14. The fourth-order valence-corrected chi connectivity index (χ4v) is 4.08. The van der Waals surface area contributed by atoms with Crippen LogP contribution in [0.1, 0.15) is 23.1 Å². The first kappa shape index (κ1) is 24.4. The van der Waals surface area contributed by atoms with E-state index in [0.717, 1.165) is 48.7 Å². The van der Waals surface area contributed by atoms with Gasteiger partial charge in [0.1, 0.15) is 17.2 Å². The molecule has 1 aliphatic rings. The molecule has 4 rings (SSSR count). The van der Waals surface area contributed by atoms with Crippen LogP contribution in [0.25, 0.3) is 12.2 Å². The Morgan fingerprint density at radius 3 is 2.14 bits per heavy atom. The quantitative estimate of drug-likeness (QED) is 0.420. The number of hydrogen-bond donors (Lipinski definition) is 0. The molecule has 182 valence electrons. The lowest BCUT2D eigenvalue weighted by molar-refractivity contribution is 0.153. The Hall–Kier alpha value is -3.77. The topological polar surface area (TPSA) is 51.2 Å². The van der Waals surface area contributed by atoms with Crippen LogP contribution in [0.4, 0.5) is 4.79 Å². The summed E-state index contributed by atoms with van der Waals surface area (Å²) in [5.74, 6) is 2.02. The van der Waals surface area contributed by atoms with Crippen molar-refractivity contribution in [3.8, 4) is 17.2 Å². The first-order chi connectivity index (χ1) is 17.1. The lowest BCUT2D eigenvalue weighted by atomic mass is 10.1. The summed E-state index contributed by atoms with van der Waals surface area (Å²) in [6.07, 6.45) is 4.62. The highest BCUT2D eigenvalue weighted by Gasteiger charge is 2.20. The Morgan fingerprint density at radius 2 is 1.46 bits per heavy atom. The van der Waals surface area contributed by atoms with Crippen molar-refractivity contribution in [3.05, 3.63) is 89.5 Å². The number of amides is 1. The Bertz CT molecular complexity index is 1110. The summed E-state index contributed by atoms with van der Waals surface area (Å²) >= 11 is 0. The number of rotatable bonds is 7. The molecule has 0 bridgehead atoms. The Balaban J connectivity index is 1.30. The molecule has 0 radical (unpaired) electrons.